The third kappa shape index (κ3) is 9.13. The van der Waals surface area contributed by atoms with Crippen molar-refractivity contribution in [2.24, 2.45) is 12.0 Å². The molecule has 0 bridgehead atoms. The van der Waals surface area contributed by atoms with Crippen molar-refractivity contribution in [3.8, 4) is 0 Å². The second kappa shape index (κ2) is 13.6. The molecule has 9 nitrogen and oxygen atoms in total. The van der Waals surface area contributed by atoms with E-state index in [0.29, 0.717) is 18.6 Å². The van der Waals surface area contributed by atoms with Gasteiger partial charge >= 0.3 is 0 Å². The molecule has 1 aliphatic heterocycles. The maximum Gasteiger partial charge on any atom is 0.191 e. The number of morpholine rings is 1. The predicted octanol–water partition coefficient (Wildman–Crippen LogP) is 1.39. The first kappa shape index (κ1) is 25.5. The smallest absolute Gasteiger partial charge is 0.191 e. The minimum Gasteiger partial charge on any atom is -0.379 e. The first-order valence-corrected chi connectivity index (χ1v) is 11.8. The third-order valence-electron chi connectivity index (χ3n) is 5.82. The fourth-order valence-electron chi connectivity index (χ4n) is 3.83. The summed E-state index contributed by atoms with van der Waals surface area (Å²) < 4.78 is 7.42. The molecule has 0 unspecified atom stereocenters. The van der Waals surface area contributed by atoms with Crippen molar-refractivity contribution in [1.29, 1.82) is 0 Å². The van der Waals surface area contributed by atoms with E-state index in [9.17, 15) is 0 Å². The summed E-state index contributed by atoms with van der Waals surface area (Å²) in [7, 11) is 1.98. The van der Waals surface area contributed by atoms with Crippen LogP contribution < -0.4 is 10.6 Å². The molecule has 0 atom stereocenters. The molecule has 2 heterocycles. The van der Waals surface area contributed by atoms with E-state index in [1.807, 2.05) is 18.5 Å². The monoisotopic (exact) mass is 436 g/mol. The van der Waals surface area contributed by atoms with E-state index >= 15 is 0 Å². The Morgan fingerprint density at radius 2 is 1.71 bits per heavy atom. The summed E-state index contributed by atoms with van der Waals surface area (Å²) >= 11 is 0. The summed E-state index contributed by atoms with van der Waals surface area (Å²) in [5.41, 5.74) is 0. The predicted molar refractivity (Wildman–Crippen MR) is 126 cm³/mol. The van der Waals surface area contributed by atoms with Crippen molar-refractivity contribution >= 4 is 5.96 Å². The molecule has 1 saturated heterocycles. The SMILES string of the molecule is Cc1nnc(CN=C(NCCCN2CCOCC2)NCCCN(C(C)C)C(C)C)n1C. The van der Waals surface area contributed by atoms with Crippen LogP contribution in [0.4, 0.5) is 0 Å². The van der Waals surface area contributed by atoms with Gasteiger partial charge in [0.1, 0.15) is 12.4 Å². The van der Waals surface area contributed by atoms with Gasteiger partial charge in [0.25, 0.3) is 0 Å². The van der Waals surface area contributed by atoms with Crippen molar-refractivity contribution < 1.29 is 4.74 Å². The number of nitrogens with one attached hydrogen (secondary N) is 2. The van der Waals surface area contributed by atoms with Crippen molar-refractivity contribution in [2.45, 2.75) is 66.1 Å². The fraction of sp³-hybridized carbons (Fsp3) is 0.864. The van der Waals surface area contributed by atoms with Gasteiger partial charge in [0.05, 0.1) is 13.2 Å². The highest BCUT2D eigenvalue weighted by molar-refractivity contribution is 5.79. The number of rotatable bonds is 12. The Balaban J connectivity index is 1.82. The molecule has 31 heavy (non-hydrogen) atoms. The van der Waals surface area contributed by atoms with Crippen LogP contribution in [0.1, 0.15) is 52.2 Å². The van der Waals surface area contributed by atoms with Crippen LogP contribution in [0.15, 0.2) is 4.99 Å². The highest BCUT2D eigenvalue weighted by Crippen LogP contribution is 2.05. The maximum atomic E-state index is 5.43. The lowest BCUT2D eigenvalue weighted by Crippen LogP contribution is -2.42. The normalized spacial score (nSPS) is 16.0. The van der Waals surface area contributed by atoms with Crippen LogP contribution >= 0.6 is 0 Å². The molecule has 0 saturated carbocycles. The molecule has 0 amide bonds. The van der Waals surface area contributed by atoms with E-state index in [2.05, 4.69) is 58.3 Å². The molecule has 1 fully saturated rings. The highest BCUT2D eigenvalue weighted by Gasteiger charge is 2.13. The summed E-state index contributed by atoms with van der Waals surface area (Å²) in [6.07, 6.45) is 2.16. The van der Waals surface area contributed by atoms with Crippen molar-refractivity contribution in [1.82, 2.24) is 35.2 Å². The van der Waals surface area contributed by atoms with E-state index in [1.54, 1.807) is 0 Å². The molecular weight excluding hydrogens is 392 g/mol. The molecule has 1 aromatic heterocycles. The number of ether oxygens (including phenoxy) is 1. The van der Waals surface area contributed by atoms with E-state index in [1.165, 1.54) is 0 Å². The number of hydrogen-bond acceptors (Lipinski definition) is 6. The zero-order valence-electron chi connectivity index (χ0n) is 20.5. The highest BCUT2D eigenvalue weighted by atomic mass is 16.5. The summed E-state index contributed by atoms with van der Waals surface area (Å²) in [5.74, 6) is 2.63. The average Bonchev–Trinajstić information content (AvgIpc) is 3.06. The largest absolute Gasteiger partial charge is 0.379 e. The van der Waals surface area contributed by atoms with Gasteiger partial charge in [-0.25, -0.2) is 4.99 Å². The molecule has 9 heteroatoms. The van der Waals surface area contributed by atoms with Gasteiger partial charge in [-0.05, 0) is 54.0 Å². The van der Waals surface area contributed by atoms with Crippen LogP contribution in [0.5, 0.6) is 0 Å². The quantitative estimate of drug-likeness (QED) is 0.291. The minimum absolute atomic E-state index is 0.514. The Hall–Kier alpha value is -1.71. The standard InChI is InChI=1S/C22H44N8O/c1-18(2)30(19(3)4)12-8-10-24-22(25-17-21-27-26-20(5)28(21)6)23-9-7-11-29-13-15-31-16-14-29/h18-19H,7-17H2,1-6H3,(H2,23,24,25). The van der Waals surface area contributed by atoms with Gasteiger partial charge < -0.3 is 19.9 Å². The van der Waals surface area contributed by atoms with Crippen molar-refractivity contribution in [2.75, 3.05) is 52.5 Å². The Kier molecular flexibility index (Phi) is 11.2. The molecule has 178 valence electrons. The van der Waals surface area contributed by atoms with Crippen LogP contribution in [-0.2, 0) is 18.3 Å². The number of guanidine groups is 1. The first-order chi connectivity index (χ1) is 14.9. The Bertz CT molecular complexity index is 644. The van der Waals surface area contributed by atoms with Crippen LogP contribution in [0.3, 0.4) is 0 Å². The summed E-state index contributed by atoms with van der Waals surface area (Å²) in [6.45, 7) is 19.2. The van der Waals surface area contributed by atoms with Crippen LogP contribution in [0, 0.1) is 6.92 Å². The summed E-state index contributed by atoms with van der Waals surface area (Å²) in [4.78, 5) is 9.75. The third-order valence-corrected chi connectivity index (χ3v) is 5.82. The fourth-order valence-corrected chi connectivity index (χ4v) is 3.83. The van der Waals surface area contributed by atoms with Gasteiger partial charge in [-0.2, -0.15) is 0 Å². The van der Waals surface area contributed by atoms with Crippen molar-refractivity contribution in [3.63, 3.8) is 0 Å². The number of aryl methyl sites for hydroxylation is 1. The Morgan fingerprint density at radius 1 is 1.06 bits per heavy atom. The van der Waals surface area contributed by atoms with Gasteiger partial charge in [-0.1, -0.05) is 0 Å². The Morgan fingerprint density at radius 3 is 2.29 bits per heavy atom. The maximum absolute atomic E-state index is 5.43. The van der Waals surface area contributed by atoms with Crippen LogP contribution in [-0.4, -0.2) is 95.1 Å². The number of aromatic nitrogens is 3. The molecular formula is C22H44N8O. The van der Waals surface area contributed by atoms with Crippen LogP contribution in [0.25, 0.3) is 0 Å². The topological polar surface area (TPSA) is 82.8 Å². The van der Waals surface area contributed by atoms with Gasteiger partial charge in [-0.3, -0.25) is 9.80 Å². The van der Waals surface area contributed by atoms with E-state index in [-0.39, 0.29) is 0 Å². The average molecular weight is 437 g/mol. The molecule has 0 radical (unpaired) electrons. The molecule has 2 N–H and O–H groups in total. The summed E-state index contributed by atoms with van der Waals surface area (Å²) in [5, 5.41) is 15.4. The minimum atomic E-state index is 0.514. The van der Waals surface area contributed by atoms with Crippen LogP contribution in [0.2, 0.25) is 0 Å². The van der Waals surface area contributed by atoms with Gasteiger partial charge in [0, 0.05) is 51.9 Å². The molecule has 1 aliphatic rings. The second-order valence-electron chi connectivity index (χ2n) is 8.83. The number of hydrogen-bond donors (Lipinski definition) is 2. The van der Waals surface area contributed by atoms with Gasteiger partial charge in [-0.15, -0.1) is 10.2 Å². The number of aliphatic imine (C=N–C) groups is 1. The molecule has 0 spiro atoms. The second-order valence-corrected chi connectivity index (χ2v) is 8.83. The first-order valence-electron chi connectivity index (χ1n) is 11.8. The molecule has 0 aromatic carbocycles. The van der Waals surface area contributed by atoms with E-state index in [4.69, 9.17) is 9.73 Å². The zero-order valence-corrected chi connectivity index (χ0v) is 20.5. The lowest BCUT2D eigenvalue weighted by atomic mass is 10.2. The summed E-state index contributed by atoms with van der Waals surface area (Å²) in [6, 6.07) is 1.12. The number of nitrogens with zero attached hydrogens (tertiary/aromatic N) is 6. The molecule has 1 aromatic rings. The van der Waals surface area contributed by atoms with E-state index in [0.717, 1.165) is 82.9 Å². The molecule has 0 aliphatic carbocycles. The van der Waals surface area contributed by atoms with Gasteiger partial charge in [0.15, 0.2) is 11.8 Å². The van der Waals surface area contributed by atoms with E-state index < -0.39 is 0 Å². The van der Waals surface area contributed by atoms with Crippen molar-refractivity contribution in [3.05, 3.63) is 11.6 Å². The van der Waals surface area contributed by atoms with Gasteiger partial charge in [0.2, 0.25) is 0 Å². The molecule has 2 rings (SSSR count). The lowest BCUT2D eigenvalue weighted by molar-refractivity contribution is 0.0376. The lowest BCUT2D eigenvalue weighted by Gasteiger charge is -2.30. The Labute approximate surface area is 188 Å². The zero-order chi connectivity index (χ0) is 22.6.